The number of nitrogens with one attached hydrogen (secondary N) is 1. The van der Waals surface area contributed by atoms with Crippen LogP contribution in [0.4, 0.5) is 17.6 Å². The topological polar surface area (TPSA) is 73.8 Å². The SMILES string of the molecule is N=C1C(=Cc2cn(Cc3ccccc3F)c3ccccc23)C(=O)N=C2SC(C(F)(F)F)=NN12. The lowest BCUT2D eigenvalue weighted by atomic mass is 10.1. The van der Waals surface area contributed by atoms with Gasteiger partial charge in [-0.15, -0.1) is 0 Å². The van der Waals surface area contributed by atoms with Crippen LogP contribution in [0.1, 0.15) is 11.1 Å². The molecule has 2 aromatic carbocycles. The summed E-state index contributed by atoms with van der Waals surface area (Å²) in [5, 5.41) is 11.6. The summed E-state index contributed by atoms with van der Waals surface area (Å²) in [6.45, 7) is 0.228. The number of hydrogen-bond acceptors (Lipinski definition) is 4. The molecule has 1 aromatic heterocycles. The lowest BCUT2D eigenvalue weighted by molar-refractivity contribution is -0.114. The quantitative estimate of drug-likeness (QED) is 0.431. The first-order chi connectivity index (χ1) is 15.7. The molecule has 3 heterocycles. The third kappa shape index (κ3) is 3.74. The van der Waals surface area contributed by atoms with Crippen molar-refractivity contribution in [3.63, 3.8) is 0 Å². The zero-order valence-electron chi connectivity index (χ0n) is 16.6. The summed E-state index contributed by atoms with van der Waals surface area (Å²) < 4.78 is 55.0. The Balaban J connectivity index is 1.56. The lowest BCUT2D eigenvalue weighted by Gasteiger charge is -2.20. The number of hydrogen-bond donors (Lipinski definition) is 1. The molecular formula is C22H13F4N5OS. The molecule has 0 fully saturated rings. The predicted molar refractivity (Wildman–Crippen MR) is 119 cm³/mol. The summed E-state index contributed by atoms with van der Waals surface area (Å²) in [4.78, 5) is 16.3. The molecule has 1 amide bonds. The number of aromatic nitrogens is 1. The van der Waals surface area contributed by atoms with Crippen LogP contribution in [-0.2, 0) is 11.3 Å². The first-order valence-corrected chi connectivity index (χ1v) is 10.4. The van der Waals surface area contributed by atoms with Gasteiger partial charge in [0.25, 0.3) is 5.91 Å². The molecule has 5 rings (SSSR count). The van der Waals surface area contributed by atoms with Crippen LogP contribution in [-0.4, -0.2) is 37.7 Å². The number of benzene rings is 2. The average Bonchev–Trinajstić information content (AvgIpc) is 3.35. The van der Waals surface area contributed by atoms with E-state index >= 15 is 0 Å². The molecule has 2 aliphatic heterocycles. The van der Waals surface area contributed by atoms with Crippen LogP contribution in [0.3, 0.4) is 0 Å². The fraction of sp³-hybridized carbons (Fsp3) is 0.0909. The molecule has 6 nitrogen and oxygen atoms in total. The van der Waals surface area contributed by atoms with Crippen molar-refractivity contribution < 1.29 is 22.4 Å². The highest BCUT2D eigenvalue weighted by Crippen LogP contribution is 2.35. The third-order valence-corrected chi connectivity index (χ3v) is 6.07. The average molecular weight is 471 g/mol. The molecule has 0 atom stereocenters. The van der Waals surface area contributed by atoms with Gasteiger partial charge in [0.05, 0.1) is 12.1 Å². The van der Waals surface area contributed by atoms with Crippen molar-refractivity contribution in [2.24, 2.45) is 10.1 Å². The van der Waals surface area contributed by atoms with Crippen LogP contribution >= 0.6 is 11.8 Å². The van der Waals surface area contributed by atoms with E-state index in [0.29, 0.717) is 16.1 Å². The van der Waals surface area contributed by atoms with Crippen LogP contribution < -0.4 is 0 Å². The molecule has 166 valence electrons. The molecule has 3 aromatic rings. The van der Waals surface area contributed by atoms with E-state index < -0.39 is 23.0 Å². The fourth-order valence-corrected chi connectivity index (χ4v) is 4.35. The molecule has 33 heavy (non-hydrogen) atoms. The molecule has 0 unspecified atom stereocenters. The monoisotopic (exact) mass is 471 g/mol. The number of alkyl halides is 3. The maximum Gasteiger partial charge on any atom is 0.441 e. The van der Waals surface area contributed by atoms with Gasteiger partial charge in [0, 0.05) is 28.2 Å². The number of rotatable bonds is 3. The highest BCUT2D eigenvalue weighted by Gasteiger charge is 2.46. The standard InChI is InChI=1S/C22H13F4N5OS/c23-16-7-3-1-5-12(16)10-30-11-13(14-6-2-4-8-17(14)30)9-15-18(27)31-21(28-19(15)32)33-20(29-31)22(24,25)26/h1-9,11,27H,10H2. The van der Waals surface area contributed by atoms with Crippen molar-refractivity contribution >= 4 is 50.7 Å². The first-order valence-electron chi connectivity index (χ1n) is 9.61. The van der Waals surface area contributed by atoms with Crippen LogP contribution in [0.2, 0.25) is 0 Å². The summed E-state index contributed by atoms with van der Waals surface area (Å²) in [7, 11) is 0. The molecule has 0 saturated heterocycles. The van der Waals surface area contributed by atoms with Crippen LogP contribution in [0, 0.1) is 11.2 Å². The number of aliphatic imine (C=N–C) groups is 1. The van der Waals surface area contributed by atoms with Crippen LogP contribution in [0.5, 0.6) is 0 Å². The number of carbonyl (C=O) groups is 1. The van der Waals surface area contributed by atoms with E-state index in [2.05, 4.69) is 10.1 Å². The Kier molecular flexibility index (Phi) is 4.93. The van der Waals surface area contributed by atoms with Gasteiger partial charge in [0.1, 0.15) is 5.82 Å². The highest BCUT2D eigenvalue weighted by molar-refractivity contribution is 8.27. The van der Waals surface area contributed by atoms with Gasteiger partial charge in [0.2, 0.25) is 10.2 Å². The number of amides is 1. The number of fused-ring (bicyclic) bond motifs is 2. The molecule has 0 radical (unpaired) electrons. The minimum absolute atomic E-state index is 0.194. The number of hydrazone groups is 1. The maximum atomic E-state index is 14.2. The number of carbonyl (C=O) groups excluding carboxylic acids is 1. The van der Waals surface area contributed by atoms with Crippen LogP contribution in [0.15, 0.2) is 70.4 Å². The summed E-state index contributed by atoms with van der Waals surface area (Å²) in [6, 6.07) is 13.6. The second kappa shape index (κ2) is 7.69. The van der Waals surface area contributed by atoms with Crippen molar-refractivity contribution in [3.8, 4) is 0 Å². The number of nitrogens with zero attached hydrogens (tertiary/aromatic N) is 4. The Morgan fingerprint density at radius 1 is 1.09 bits per heavy atom. The van der Waals surface area contributed by atoms with Gasteiger partial charge in [-0.3, -0.25) is 10.2 Å². The molecule has 0 aliphatic carbocycles. The van der Waals surface area contributed by atoms with Crippen molar-refractivity contribution in [3.05, 3.63) is 77.2 Å². The number of amidine groups is 2. The van der Waals surface area contributed by atoms with E-state index in [1.165, 1.54) is 12.1 Å². The lowest BCUT2D eigenvalue weighted by Crippen LogP contribution is -2.35. The van der Waals surface area contributed by atoms with E-state index in [0.717, 1.165) is 10.9 Å². The second-order valence-electron chi connectivity index (χ2n) is 7.24. The predicted octanol–water partition coefficient (Wildman–Crippen LogP) is 5.01. The molecule has 0 bridgehead atoms. The van der Waals surface area contributed by atoms with Gasteiger partial charge in [-0.25, -0.2) is 4.39 Å². The normalized spacial score (nSPS) is 17.6. The van der Waals surface area contributed by atoms with Gasteiger partial charge < -0.3 is 4.57 Å². The van der Waals surface area contributed by atoms with Gasteiger partial charge in [-0.2, -0.15) is 28.3 Å². The molecule has 2 aliphatic rings. The van der Waals surface area contributed by atoms with Crippen molar-refractivity contribution in [1.29, 1.82) is 5.41 Å². The zero-order chi connectivity index (χ0) is 23.3. The van der Waals surface area contributed by atoms with Crippen molar-refractivity contribution in [2.45, 2.75) is 12.7 Å². The Labute approximate surface area is 188 Å². The van der Waals surface area contributed by atoms with E-state index in [4.69, 9.17) is 5.41 Å². The van der Waals surface area contributed by atoms with Gasteiger partial charge in [-0.1, -0.05) is 36.4 Å². The first kappa shape index (κ1) is 21.1. The zero-order valence-corrected chi connectivity index (χ0v) is 17.4. The number of para-hydroxylation sites is 1. The summed E-state index contributed by atoms with van der Waals surface area (Å²) >= 11 is 0.199. The Morgan fingerprint density at radius 3 is 2.58 bits per heavy atom. The Hall–Kier alpha value is -3.73. The van der Waals surface area contributed by atoms with Crippen LogP contribution in [0.25, 0.3) is 17.0 Å². The molecule has 1 N–H and O–H groups in total. The minimum Gasteiger partial charge on any atom is -0.342 e. The summed E-state index contributed by atoms with van der Waals surface area (Å²) in [6.07, 6.45) is -1.61. The molecule has 11 heteroatoms. The third-order valence-electron chi connectivity index (χ3n) is 5.11. The van der Waals surface area contributed by atoms with Crippen molar-refractivity contribution in [1.82, 2.24) is 9.58 Å². The molecule has 0 spiro atoms. The Morgan fingerprint density at radius 2 is 1.82 bits per heavy atom. The van der Waals surface area contributed by atoms with E-state index in [-0.39, 0.29) is 34.9 Å². The van der Waals surface area contributed by atoms with Crippen molar-refractivity contribution in [2.75, 3.05) is 0 Å². The largest absolute Gasteiger partial charge is 0.441 e. The Bertz CT molecular complexity index is 1420. The molecule has 0 saturated carbocycles. The van der Waals surface area contributed by atoms with Gasteiger partial charge in [0.15, 0.2) is 5.84 Å². The maximum absolute atomic E-state index is 14.2. The molecular weight excluding hydrogens is 458 g/mol. The van der Waals surface area contributed by atoms with E-state index in [1.807, 2.05) is 12.1 Å². The van der Waals surface area contributed by atoms with Gasteiger partial charge >= 0.3 is 6.18 Å². The summed E-state index contributed by atoms with van der Waals surface area (Å²) in [5.41, 5.74) is 1.58. The van der Waals surface area contributed by atoms with E-state index in [9.17, 15) is 22.4 Å². The fourth-order valence-electron chi connectivity index (χ4n) is 3.59. The van der Waals surface area contributed by atoms with E-state index in [1.54, 1.807) is 41.1 Å². The number of thioether (sulfide) groups is 1. The summed E-state index contributed by atoms with van der Waals surface area (Å²) in [5.74, 6) is -1.68. The van der Waals surface area contributed by atoms with Gasteiger partial charge in [-0.05, 0) is 30.0 Å². The highest BCUT2D eigenvalue weighted by atomic mass is 32.2. The minimum atomic E-state index is -4.71. The second-order valence-corrected chi connectivity index (χ2v) is 8.20. The number of halogens is 4. The smallest absolute Gasteiger partial charge is 0.342 e.